The average Bonchev–Trinajstić information content (AvgIpc) is 2.66. The van der Waals surface area contributed by atoms with E-state index in [1.165, 1.54) is 14.1 Å². The van der Waals surface area contributed by atoms with Crippen LogP contribution in [0.3, 0.4) is 0 Å². The number of pyridine rings is 1. The van der Waals surface area contributed by atoms with Gasteiger partial charge in [-0.1, -0.05) is 29.8 Å². The Labute approximate surface area is 165 Å². The lowest BCUT2D eigenvalue weighted by Gasteiger charge is -2.16. The second kappa shape index (κ2) is 7.69. The largest absolute Gasteiger partial charge is 0.348 e. The summed E-state index contributed by atoms with van der Waals surface area (Å²) in [6, 6.07) is 14.4. The summed E-state index contributed by atoms with van der Waals surface area (Å²) in [5.74, 6) is -0.287. The van der Waals surface area contributed by atoms with Crippen molar-refractivity contribution in [3.05, 3.63) is 70.9 Å². The maximum atomic E-state index is 12.8. The Morgan fingerprint density at radius 1 is 1.07 bits per heavy atom. The smallest absolute Gasteiger partial charge is 0.253 e. The normalized spacial score (nSPS) is 11.8. The molecule has 3 rings (SSSR count). The van der Waals surface area contributed by atoms with Gasteiger partial charge in [0.25, 0.3) is 5.91 Å². The van der Waals surface area contributed by atoms with E-state index in [0.29, 0.717) is 16.8 Å². The maximum absolute atomic E-state index is 12.8. The number of aromatic nitrogens is 1. The quantitative estimate of drug-likeness (QED) is 0.718. The Bertz CT molecular complexity index is 1150. The van der Waals surface area contributed by atoms with Crippen LogP contribution in [0, 0.1) is 13.8 Å². The van der Waals surface area contributed by atoms with E-state index in [1.54, 1.807) is 31.2 Å². The zero-order valence-electron chi connectivity index (χ0n) is 16.4. The Morgan fingerprint density at radius 3 is 2.50 bits per heavy atom. The lowest BCUT2D eigenvalue weighted by atomic mass is 10.1. The van der Waals surface area contributed by atoms with Gasteiger partial charge < -0.3 is 5.32 Å². The van der Waals surface area contributed by atoms with Crippen molar-refractivity contribution in [1.82, 2.24) is 14.6 Å². The lowest BCUT2D eigenvalue weighted by Crippen LogP contribution is -2.27. The molecule has 0 fully saturated rings. The standard InChI is InChI=1S/C21H23N3O3S/c1-14-9-10-19-17(11-14)12-18(15(2)23-19)21(25)22-13-16-7-5-6-8-20(16)28(26,27)24(3)4/h5-12H,13H2,1-4H3,(H,22,25). The molecule has 0 radical (unpaired) electrons. The topological polar surface area (TPSA) is 79.4 Å². The van der Waals surface area contributed by atoms with E-state index in [9.17, 15) is 13.2 Å². The first kappa shape index (κ1) is 20.0. The van der Waals surface area contributed by atoms with Crippen LogP contribution in [-0.4, -0.2) is 37.7 Å². The molecule has 1 N–H and O–H groups in total. The van der Waals surface area contributed by atoms with Gasteiger partial charge in [0.05, 0.1) is 21.7 Å². The molecular formula is C21H23N3O3S. The number of carbonyl (C=O) groups is 1. The molecule has 2 aromatic carbocycles. The molecule has 6 nitrogen and oxygen atoms in total. The first-order valence-corrected chi connectivity index (χ1v) is 10.3. The van der Waals surface area contributed by atoms with Gasteiger partial charge >= 0.3 is 0 Å². The third kappa shape index (κ3) is 3.90. The second-order valence-electron chi connectivity index (χ2n) is 6.90. The van der Waals surface area contributed by atoms with E-state index in [4.69, 9.17) is 0 Å². The van der Waals surface area contributed by atoms with Crippen LogP contribution in [0.1, 0.15) is 27.2 Å². The van der Waals surface area contributed by atoms with E-state index >= 15 is 0 Å². The van der Waals surface area contributed by atoms with Crippen LogP contribution >= 0.6 is 0 Å². The number of sulfonamides is 1. The Hall–Kier alpha value is -2.77. The molecule has 0 aliphatic carbocycles. The minimum Gasteiger partial charge on any atom is -0.348 e. The van der Waals surface area contributed by atoms with Gasteiger partial charge in [0.2, 0.25) is 10.0 Å². The molecule has 0 aliphatic heterocycles. The van der Waals surface area contributed by atoms with Crippen molar-refractivity contribution in [2.45, 2.75) is 25.3 Å². The summed E-state index contributed by atoms with van der Waals surface area (Å²) in [6.45, 7) is 3.88. The van der Waals surface area contributed by atoms with Crippen molar-refractivity contribution in [3.63, 3.8) is 0 Å². The molecule has 0 spiro atoms. The monoisotopic (exact) mass is 397 g/mol. The number of benzene rings is 2. The summed E-state index contributed by atoms with van der Waals surface area (Å²) < 4.78 is 26.2. The van der Waals surface area contributed by atoms with Crippen molar-refractivity contribution in [1.29, 1.82) is 0 Å². The first-order valence-electron chi connectivity index (χ1n) is 8.87. The first-order chi connectivity index (χ1) is 13.2. The van der Waals surface area contributed by atoms with E-state index in [-0.39, 0.29) is 17.3 Å². The fraction of sp³-hybridized carbons (Fsp3) is 0.238. The Balaban J connectivity index is 1.88. The molecule has 0 bridgehead atoms. The van der Waals surface area contributed by atoms with Crippen molar-refractivity contribution in [3.8, 4) is 0 Å². The van der Waals surface area contributed by atoms with Crippen LogP contribution in [0.2, 0.25) is 0 Å². The third-order valence-electron chi connectivity index (χ3n) is 4.58. The van der Waals surface area contributed by atoms with Crippen LogP contribution in [0.25, 0.3) is 10.9 Å². The SMILES string of the molecule is Cc1ccc2nc(C)c(C(=O)NCc3ccccc3S(=O)(=O)N(C)C)cc2c1. The number of nitrogens with one attached hydrogen (secondary N) is 1. The summed E-state index contributed by atoms with van der Waals surface area (Å²) in [5, 5.41) is 3.72. The number of hydrogen-bond acceptors (Lipinski definition) is 4. The summed E-state index contributed by atoms with van der Waals surface area (Å²) >= 11 is 0. The van der Waals surface area contributed by atoms with Crippen LogP contribution in [0.5, 0.6) is 0 Å². The summed E-state index contributed by atoms with van der Waals surface area (Å²) in [5.41, 5.74) is 3.57. The zero-order valence-corrected chi connectivity index (χ0v) is 17.2. The van der Waals surface area contributed by atoms with E-state index < -0.39 is 10.0 Å². The number of aryl methyl sites for hydroxylation is 2. The van der Waals surface area contributed by atoms with Crippen molar-refractivity contribution < 1.29 is 13.2 Å². The minimum atomic E-state index is -3.59. The highest BCUT2D eigenvalue weighted by molar-refractivity contribution is 7.89. The summed E-state index contributed by atoms with van der Waals surface area (Å²) in [4.78, 5) is 17.4. The van der Waals surface area contributed by atoms with Gasteiger partial charge in [-0.3, -0.25) is 9.78 Å². The number of hydrogen-bond donors (Lipinski definition) is 1. The number of nitrogens with zero attached hydrogens (tertiary/aromatic N) is 2. The van der Waals surface area contributed by atoms with Crippen molar-refractivity contribution >= 4 is 26.8 Å². The number of amides is 1. The number of rotatable bonds is 5. The predicted molar refractivity (Wildman–Crippen MR) is 110 cm³/mol. The van der Waals surface area contributed by atoms with Gasteiger partial charge in [-0.2, -0.15) is 0 Å². The minimum absolute atomic E-state index is 0.105. The fourth-order valence-corrected chi connectivity index (χ4v) is 4.11. The molecular weight excluding hydrogens is 374 g/mol. The molecule has 0 aliphatic rings. The van der Waals surface area contributed by atoms with Crippen LogP contribution in [0.4, 0.5) is 0 Å². The van der Waals surface area contributed by atoms with Crippen LogP contribution in [-0.2, 0) is 16.6 Å². The predicted octanol–water partition coefficient (Wildman–Crippen LogP) is 3.03. The second-order valence-corrected chi connectivity index (χ2v) is 9.02. The van der Waals surface area contributed by atoms with E-state index in [2.05, 4.69) is 10.3 Å². The Morgan fingerprint density at radius 2 is 1.79 bits per heavy atom. The highest BCUT2D eigenvalue weighted by atomic mass is 32.2. The van der Waals surface area contributed by atoms with E-state index in [0.717, 1.165) is 20.8 Å². The molecule has 0 saturated heterocycles. The summed E-state index contributed by atoms with van der Waals surface area (Å²) in [7, 11) is -0.626. The van der Waals surface area contributed by atoms with Gasteiger partial charge in [-0.15, -0.1) is 0 Å². The van der Waals surface area contributed by atoms with Crippen LogP contribution < -0.4 is 5.32 Å². The van der Waals surface area contributed by atoms with Crippen LogP contribution in [0.15, 0.2) is 53.4 Å². The molecule has 1 heterocycles. The molecule has 146 valence electrons. The van der Waals surface area contributed by atoms with Gasteiger partial charge in [-0.05, 0) is 43.7 Å². The summed E-state index contributed by atoms with van der Waals surface area (Å²) in [6.07, 6.45) is 0. The lowest BCUT2D eigenvalue weighted by molar-refractivity contribution is 0.0949. The molecule has 0 atom stereocenters. The molecule has 0 unspecified atom stereocenters. The zero-order chi connectivity index (χ0) is 20.5. The molecule has 1 aromatic heterocycles. The van der Waals surface area contributed by atoms with Crippen molar-refractivity contribution in [2.75, 3.05) is 14.1 Å². The number of carbonyl (C=O) groups excluding carboxylic acids is 1. The molecule has 28 heavy (non-hydrogen) atoms. The van der Waals surface area contributed by atoms with Gasteiger partial charge in [-0.25, -0.2) is 12.7 Å². The van der Waals surface area contributed by atoms with Crippen molar-refractivity contribution in [2.24, 2.45) is 0 Å². The van der Waals surface area contributed by atoms with Gasteiger partial charge in [0.15, 0.2) is 0 Å². The molecule has 7 heteroatoms. The fourth-order valence-electron chi connectivity index (χ4n) is 2.99. The highest BCUT2D eigenvalue weighted by Crippen LogP contribution is 2.20. The average molecular weight is 398 g/mol. The molecule has 3 aromatic rings. The molecule has 1 amide bonds. The number of fused-ring (bicyclic) bond motifs is 1. The maximum Gasteiger partial charge on any atom is 0.253 e. The highest BCUT2D eigenvalue weighted by Gasteiger charge is 2.21. The Kier molecular flexibility index (Phi) is 5.49. The van der Waals surface area contributed by atoms with Gasteiger partial charge in [0.1, 0.15) is 0 Å². The molecule has 0 saturated carbocycles. The van der Waals surface area contributed by atoms with Gasteiger partial charge in [0, 0.05) is 26.0 Å². The van der Waals surface area contributed by atoms with E-state index in [1.807, 2.05) is 31.2 Å². The third-order valence-corrected chi connectivity index (χ3v) is 6.49.